The predicted molar refractivity (Wildman–Crippen MR) is 128 cm³/mol. The third-order valence-corrected chi connectivity index (χ3v) is 5.40. The summed E-state index contributed by atoms with van der Waals surface area (Å²) in [7, 11) is 1.52. The second kappa shape index (κ2) is 12.4. The van der Waals surface area contributed by atoms with Gasteiger partial charge in [-0.15, -0.1) is 11.8 Å². The molecule has 2 aromatic rings. The molecule has 0 radical (unpaired) electrons. The molecule has 0 aliphatic carbocycles. The summed E-state index contributed by atoms with van der Waals surface area (Å²) in [6, 6.07) is 12.4. The van der Waals surface area contributed by atoms with Crippen LogP contribution in [0, 0.1) is 0 Å². The van der Waals surface area contributed by atoms with Crippen LogP contribution in [0.25, 0.3) is 0 Å². The first-order valence-corrected chi connectivity index (χ1v) is 11.2. The van der Waals surface area contributed by atoms with Crippen LogP contribution in [0.1, 0.15) is 26.2 Å². The Kier molecular flexibility index (Phi) is 9.93. The maximum Gasteiger partial charge on any atom is 0.236 e. The van der Waals surface area contributed by atoms with E-state index in [0.717, 1.165) is 17.7 Å². The Morgan fingerprint density at radius 3 is 2.50 bits per heavy atom. The molecule has 0 aliphatic heterocycles. The van der Waals surface area contributed by atoms with Crippen molar-refractivity contribution in [2.24, 2.45) is 0 Å². The lowest BCUT2D eigenvalue weighted by Gasteiger charge is -2.14. The van der Waals surface area contributed by atoms with Crippen molar-refractivity contribution in [2.75, 3.05) is 23.5 Å². The minimum Gasteiger partial charge on any atom is -0.494 e. The number of carbonyl (C=O) groups excluding carboxylic acids is 2. The summed E-state index contributed by atoms with van der Waals surface area (Å²) in [6.07, 6.45) is 2.25. The fourth-order valence-corrected chi connectivity index (χ4v) is 3.48. The van der Waals surface area contributed by atoms with Gasteiger partial charge in [-0.2, -0.15) is 0 Å². The second-order valence-corrected chi connectivity index (χ2v) is 8.21. The van der Waals surface area contributed by atoms with Crippen molar-refractivity contribution in [1.82, 2.24) is 5.32 Å². The second-order valence-electron chi connectivity index (χ2n) is 6.31. The first-order valence-electron chi connectivity index (χ1n) is 9.38. The Balaban J connectivity index is 1.87. The number of thiocarbonyl (C=S) groups is 1. The molecule has 2 rings (SSSR count). The van der Waals surface area contributed by atoms with Gasteiger partial charge in [0.15, 0.2) is 5.11 Å². The highest BCUT2D eigenvalue weighted by atomic mass is 35.5. The van der Waals surface area contributed by atoms with Gasteiger partial charge in [0.2, 0.25) is 11.8 Å². The Morgan fingerprint density at radius 1 is 1.10 bits per heavy atom. The number of halogens is 1. The van der Waals surface area contributed by atoms with E-state index in [1.807, 2.05) is 19.1 Å². The lowest BCUT2D eigenvalue weighted by molar-refractivity contribution is -0.117. The Hall–Kier alpha value is -2.29. The zero-order valence-electron chi connectivity index (χ0n) is 16.8. The number of anilines is 2. The zero-order chi connectivity index (χ0) is 21.9. The summed E-state index contributed by atoms with van der Waals surface area (Å²) < 4.78 is 5.35. The van der Waals surface area contributed by atoms with Gasteiger partial charge < -0.3 is 20.7 Å². The van der Waals surface area contributed by atoms with Gasteiger partial charge in [-0.3, -0.25) is 9.59 Å². The molecule has 2 aromatic carbocycles. The fourth-order valence-electron chi connectivity index (χ4n) is 2.43. The number of hydrogen-bond donors (Lipinski definition) is 3. The standard InChI is InChI=1S/C21H24ClN3O3S2/c1-3-4-5-19(26)24-17-11-8-15(12-18(17)28-2)23-21(29)25-20(27)13-30-16-9-6-14(22)7-10-16/h6-12H,3-5,13H2,1-2H3,(H,24,26)(H2,23,25,27,29). The zero-order valence-corrected chi connectivity index (χ0v) is 19.2. The van der Waals surface area contributed by atoms with E-state index in [2.05, 4.69) is 16.0 Å². The van der Waals surface area contributed by atoms with Gasteiger partial charge in [0.05, 0.1) is 18.6 Å². The molecule has 160 valence electrons. The summed E-state index contributed by atoms with van der Waals surface area (Å²) in [5.74, 6) is 0.434. The van der Waals surface area contributed by atoms with Gasteiger partial charge in [-0.05, 0) is 55.0 Å². The summed E-state index contributed by atoms with van der Waals surface area (Å²) in [6.45, 7) is 2.03. The summed E-state index contributed by atoms with van der Waals surface area (Å²) in [5, 5.41) is 9.26. The van der Waals surface area contributed by atoms with Crippen LogP contribution in [-0.2, 0) is 9.59 Å². The quantitative estimate of drug-likeness (QED) is 0.354. The van der Waals surface area contributed by atoms with Crippen LogP contribution < -0.4 is 20.7 Å². The fraction of sp³-hybridized carbons (Fsp3) is 0.286. The van der Waals surface area contributed by atoms with Crippen molar-refractivity contribution in [3.05, 3.63) is 47.5 Å². The number of hydrogen-bond acceptors (Lipinski definition) is 5. The van der Waals surface area contributed by atoms with Crippen LogP contribution in [-0.4, -0.2) is 29.8 Å². The number of methoxy groups -OCH3 is 1. The van der Waals surface area contributed by atoms with Gasteiger partial charge >= 0.3 is 0 Å². The van der Waals surface area contributed by atoms with E-state index in [0.29, 0.717) is 28.6 Å². The number of nitrogens with one attached hydrogen (secondary N) is 3. The van der Waals surface area contributed by atoms with Gasteiger partial charge in [-0.25, -0.2) is 0 Å². The molecule has 0 unspecified atom stereocenters. The number of rotatable bonds is 9. The van der Waals surface area contributed by atoms with Crippen molar-refractivity contribution in [3.63, 3.8) is 0 Å². The highest BCUT2D eigenvalue weighted by molar-refractivity contribution is 8.00. The van der Waals surface area contributed by atoms with Crippen molar-refractivity contribution in [1.29, 1.82) is 0 Å². The van der Waals surface area contributed by atoms with E-state index in [1.54, 1.807) is 30.3 Å². The third kappa shape index (κ3) is 8.22. The summed E-state index contributed by atoms with van der Waals surface area (Å²) in [5.41, 5.74) is 1.22. The minimum atomic E-state index is -0.223. The largest absolute Gasteiger partial charge is 0.494 e. The lowest BCUT2D eigenvalue weighted by Crippen LogP contribution is -2.35. The van der Waals surface area contributed by atoms with Crippen molar-refractivity contribution >= 4 is 63.9 Å². The Labute approximate surface area is 191 Å². The summed E-state index contributed by atoms with van der Waals surface area (Å²) in [4.78, 5) is 25.0. The number of amides is 2. The van der Waals surface area contributed by atoms with E-state index in [4.69, 9.17) is 28.6 Å². The number of benzene rings is 2. The Morgan fingerprint density at radius 2 is 1.83 bits per heavy atom. The number of ether oxygens (including phenoxy) is 1. The van der Waals surface area contributed by atoms with Gasteiger partial charge in [0.1, 0.15) is 5.75 Å². The number of thioether (sulfide) groups is 1. The Bertz CT molecular complexity index is 892. The van der Waals surface area contributed by atoms with Crippen LogP contribution in [0.15, 0.2) is 47.4 Å². The highest BCUT2D eigenvalue weighted by Crippen LogP contribution is 2.28. The van der Waals surface area contributed by atoms with E-state index in [9.17, 15) is 9.59 Å². The number of carbonyl (C=O) groups is 2. The smallest absolute Gasteiger partial charge is 0.236 e. The van der Waals surface area contributed by atoms with Crippen LogP contribution in [0.2, 0.25) is 5.02 Å². The van der Waals surface area contributed by atoms with Gasteiger partial charge in [-0.1, -0.05) is 24.9 Å². The van der Waals surface area contributed by atoms with Gasteiger partial charge in [0, 0.05) is 28.1 Å². The molecule has 0 bridgehead atoms. The summed E-state index contributed by atoms with van der Waals surface area (Å²) >= 11 is 12.4. The molecule has 0 aromatic heterocycles. The van der Waals surface area contributed by atoms with Crippen molar-refractivity contribution in [3.8, 4) is 5.75 Å². The predicted octanol–water partition coefficient (Wildman–Crippen LogP) is 5.08. The molecule has 0 atom stereocenters. The molecule has 0 heterocycles. The van der Waals surface area contributed by atoms with Crippen LogP contribution in [0.4, 0.5) is 11.4 Å². The normalized spacial score (nSPS) is 10.2. The van der Waals surface area contributed by atoms with Gasteiger partial charge in [0.25, 0.3) is 0 Å². The van der Waals surface area contributed by atoms with E-state index < -0.39 is 0 Å². The van der Waals surface area contributed by atoms with Crippen LogP contribution >= 0.6 is 35.6 Å². The molecule has 0 saturated heterocycles. The SMILES string of the molecule is CCCCC(=O)Nc1ccc(NC(=S)NC(=O)CSc2ccc(Cl)cc2)cc1OC. The minimum absolute atomic E-state index is 0.0585. The van der Waals surface area contributed by atoms with Crippen LogP contribution in [0.3, 0.4) is 0 Å². The topological polar surface area (TPSA) is 79.5 Å². The van der Waals surface area contributed by atoms with E-state index in [-0.39, 0.29) is 22.7 Å². The van der Waals surface area contributed by atoms with Crippen molar-refractivity contribution in [2.45, 2.75) is 31.1 Å². The highest BCUT2D eigenvalue weighted by Gasteiger charge is 2.10. The maximum atomic E-state index is 12.1. The molecule has 3 N–H and O–H groups in total. The molecule has 6 nitrogen and oxygen atoms in total. The van der Waals surface area contributed by atoms with E-state index >= 15 is 0 Å². The molecular formula is C21H24ClN3O3S2. The van der Waals surface area contributed by atoms with Crippen molar-refractivity contribution < 1.29 is 14.3 Å². The number of unbranched alkanes of at least 4 members (excludes halogenated alkanes) is 1. The van der Waals surface area contributed by atoms with E-state index in [1.165, 1.54) is 18.9 Å². The molecule has 0 aliphatic rings. The molecule has 30 heavy (non-hydrogen) atoms. The average molecular weight is 466 g/mol. The lowest BCUT2D eigenvalue weighted by atomic mass is 10.2. The first kappa shape index (κ1) is 24.0. The molecule has 0 spiro atoms. The first-order chi connectivity index (χ1) is 14.4. The molecule has 0 fully saturated rings. The average Bonchev–Trinajstić information content (AvgIpc) is 2.72. The molecular weight excluding hydrogens is 442 g/mol. The molecule has 9 heteroatoms. The monoisotopic (exact) mass is 465 g/mol. The third-order valence-electron chi connectivity index (χ3n) is 3.93. The molecule has 2 amide bonds. The maximum absolute atomic E-state index is 12.1. The molecule has 0 saturated carbocycles. The van der Waals surface area contributed by atoms with Crippen LogP contribution in [0.5, 0.6) is 5.75 Å².